The summed E-state index contributed by atoms with van der Waals surface area (Å²) in [5.41, 5.74) is 1.64. The van der Waals surface area contributed by atoms with Gasteiger partial charge >= 0.3 is 18.1 Å². The Morgan fingerprint density at radius 1 is 1.12 bits per heavy atom. The van der Waals surface area contributed by atoms with Gasteiger partial charge < -0.3 is 20.4 Å². The van der Waals surface area contributed by atoms with Crippen LogP contribution in [0.2, 0.25) is 0 Å². The summed E-state index contributed by atoms with van der Waals surface area (Å²) in [5.74, 6) is -2.55. The first-order valence-electron chi connectivity index (χ1n) is 9.79. The van der Waals surface area contributed by atoms with E-state index in [4.69, 9.17) is 15.0 Å². The Labute approximate surface area is 196 Å². The number of nitrogens with one attached hydrogen (secondary N) is 1. The number of rotatable bonds is 10. The molecule has 0 fully saturated rings. The third-order valence-electron chi connectivity index (χ3n) is 4.29. The Bertz CT molecular complexity index is 851. The SMILES string of the molecule is CC(C)[C@@H](C(=O)NCCSSCCC(=O)O)N1Cc2ccccc2C1=O.O=C(O)C(F)(F)F. The number of carbonyl (C=O) groups is 4. The predicted molar refractivity (Wildman–Crippen MR) is 119 cm³/mol. The minimum absolute atomic E-state index is 0.00542. The largest absolute Gasteiger partial charge is 0.490 e. The Morgan fingerprint density at radius 2 is 1.70 bits per heavy atom. The van der Waals surface area contributed by atoms with Crippen LogP contribution < -0.4 is 5.32 Å². The molecule has 0 unspecified atom stereocenters. The number of carbonyl (C=O) groups excluding carboxylic acids is 2. The van der Waals surface area contributed by atoms with Crippen LogP contribution in [0.1, 0.15) is 36.2 Å². The van der Waals surface area contributed by atoms with E-state index in [1.807, 2.05) is 32.0 Å². The van der Waals surface area contributed by atoms with Crippen molar-refractivity contribution in [3.63, 3.8) is 0 Å². The number of benzene rings is 1. The molecule has 0 aromatic heterocycles. The Morgan fingerprint density at radius 3 is 2.21 bits per heavy atom. The highest BCUT2D eigenvalue weighted by Crippen LogP contribution is 2.27. The summed E-state index contributed by atoms with van der Waals surface area (Å²) in [7, 11) is 3.02. The smallest absolute Gasteiger partial charge is 0.481 e. The van der Waals surface area contributed by atoms with Crippen LogP contribution in [0, 0.1) is 5.92 Å². The zero-order valence-corrected chi connectivity index (χ0v) is 19.6. The zero-order valence-electron chi connectivity index (χ0n) is 17.9. The fraction of sp³-hybridized carbons (Fsp3) is 0.500. The number of nitrogens with zero attached hydrogens (tertiary/aromatic N) is 1. The maximum Gasteiger partial charge on any atom is 0.490 e. The van der Waals surface area contributed by atoms with Crippen molar-refractivity contribution in [1.29, 1.82) is 0 Å². The Kier molecular flexibility index (Phi) is 11.6. The molecular weight excluding hydrogens is 485 g/mol. The molecule has 0 spiro atoms. The minimum Gasteiger partial charge on any atom is -0.481 e. The molecule has 0 radical (unpaired) electrons. The van der Waals surface area contributed by atoms with Gasteiger partial charge in [-0.25, -0.2) is 4.79 Å². The van der Waals surface area contributed by atoms with Crippen LogP contribution in [0.5, 0.6) is 0 Å². The van der Waals surface area contributed by atoms with Gasteiger partial charge in [-0.2, -0.15) is 13.2 Å². The third-order valence-corrected chi connectivity index (χ3v) is 6.70. The summed E-state index contributed by atoms with van der Waals surface area (Å²) in [4.78, 5) is 46.3. The molecular formula is C20H25F3N2O6S2. The summed E-state index contributed by atoms with van der Waals surface area (Å²) in [6.45, 7) is 4.83. The van der Waals surface area contributed by atoms with Crippen molar-refractivity contribution in [2.45, 2.75) is 39.0 Å². The highest BCUT2D eigenvalue weighted by molar-refractivity contribution is 8.76. The van der Waals surface area contributed by atoms with Gasteiger partial charge in [-0.15, -0.1) is 0 Å². The minimum atomic E-state index is -5.08. The summed E-state index contributed by atoms with van der Waals surface area (Å²) >= 11 is 0. The van der Waals surface area contributed by atoms with E-state index in [0.717, 1.165) is 5.56 Å². The van der Waals surface area contributed by atoms with E-state index in [-0.39, 0.29) is 24.2 Å². The second-order valence-corrected chi connectivity index (χ2v) is 9.86. The van der Waals surface area contributed by atoms with E-state index >= 15 is 0 Å². The van der Waals surface area contributed by atoms with Crippen LogP contribution in [0.15, 0.2) is 24.3 Å². The van der Waals surface area contributed by atoms with Crippen LogP contribution in [0.4, 0.5) is 13.2 Å². The first-order chi connectivity index (χ1) is 15.4. The number of fused-ring (bicyclic) bond motifs is 1. The van der Waals surface area contributed by atoms with Crippen molar-refractivity contribution < 1.29 is 42.6 Å². The van der Waals surface area contributed by atoms with Crippen LogP contribution in [-0.4, -0.2) is 69.1 Å². The maximum atomic E-state index is 12.6. The molecule has 33 heavy (non-hydrogen) atoms. The van der Waals surface area contributed by atoms with Crippen LogP contribution >= 0.6 is 21.6 Å². The quantitative estimate of drug-likeness (QED) is 0.324. The van der Waals surface area contributed by atoms with Crippen molar-refractivity contribution in [3.05, 3.63) is 35.4 Å². The highest BCUT2D eigenvalue weighted by Gasteiger charge is 2.38. The standard InChI is InChI=1S/C18H24N2O4S2.C2HF3O2/c1-12(2)16(17(23)19-8-10-26-25-9-7-15(21)22)20-11-13-5-3-4-6-14(13)18(20)24;3-2(4,5)1(6)7/h3-6,12,16H,7-11H2,1-2H3,(H,19,23)(H,21,22);(H,6,7)/t16-;/m0./s1. The number of carboxylic acid groups (broad SMARTS) is 2. The van der Waals surface area contributed by atoms with Gasteiger partial charge in [-0.3, -0.25) is 14.4 Å². The highest BCUT2D eigenvalue weighted by atomic mass is 33.1. The second kappa shape index (κ2) is 13.3. The number of carboxylic acids is 2. The molecule has 0 saturated heterocycles. The maximum absolute atomic E-state index is 12.6. The molecule has 0 saturated carbocycles. The van der Waals surface area contributed by atoms with E-state index in [1.54, 1.807) is 11.0 Å². The normalized spacial score (nSPS) is 13.8. The average molecular weight is 511 g/mol. The van der Waals surface area contributed by atoms with Gasteiger partial charge in [0.15, 0.2) is 0 Å². The fourth-order valence-corrected chi connectivity index (χ4v) is 4.76. The van der Waals surface area contributed by atoms with Crippen molar-refractivity contribution in [2.24, 2.45) is 5.92 Å². The number of alkyl halides is 3. The summed E-state index contributed by atoms with van der Waals surface area (Å²) in [6, 6.07) is 6.97. The van der Waals surface area contributed by atoms with Crippen molar-refractivity contribution in [3.8, 4) is 0 Å². The summed E-state index contributed by atoms with van der Waals surface area (Å²) in [5, 5.41) is 18.6. The number of hydrogen-bond donors (Lipinski definition) is 3. The fourth-order valence-electron chi connectivity index (χ4n) is 2.87. The monoisotopic (exact) mass is 510 g/mol. The van der Waals surface area contributed by atoms with E-state index in [1.165, 1.54) is 21.6 Å². The second-order valence-electron chi connectivity index (χ2n) is 7.16. The molecule has 8 nitrogen and oxygen atoms in total. The van der Waals surface area contributed by atoms with Crippen LogP contribution in [0.25, 0.3) is 0 Å². The van der Waals surface area contributed by atoms with Crippen molar-refractivity contribution >= 4 is 45.3 Å². The first-order valence-corrected chi connectivity index (χ1v) is 12.3. The summed E-state index contributed by atoms with van der Waals surface area (Å²) in [6.07, 6.45) is -4.95. The van der Waals surface area contributed by atoms with Gasteiger partial charge in [0.1, 0.15) is 6.04 Å². The Hall–Kier alpha value is -2.41. The van der Waals surface area contributed by atoms with E-state index in [2.05, 4.69) is 5.32 Å². The molecule has 1 aromatic rings. The zero-order chi connectivity index (χ0) is 25.2. The third kappa shape index (κ3) is 9.54. The van der Waals surface area contributed by atoms with Gasteiger partial charge in [0, 0.05) is 30.2 Å². The van der Waals surface area contributed by atoms with Crippen LogP contribution in [-0.2, 0) is 20.9 Å². The molecule has 0 aliphatic carbocycles. The lowest BCUT2D eigenvalue weighted by molar-refractivity contribution is -0.192. The van der Waals surface area contributed by atoms with Gasteiger partial charge in [0.2, 0.25) is 5.91 Å². The van der Waals surface area contributed by atoms with Crippen LogP contribution in [0.3, 0.4) is 0 Å². The lowest BCUT2D eigenvalue weighted by Gasteiger charge is -2.29. The number of amides is 2. The topological polar surface area (TPSA) is 124 Å². The van der Waals surface area contributed by atoms with Crippen molar-refractivity contribution in [1.82, 2.24) is 10.2 Å². The van der Waals surface area contributed by atoms with Crippen molar-refractivity contribution in [2.75, 3.05) is 18.1 Å². The molecule has 0 bridgehead atoms. The lowest BCUT2D eigenvalue weighted by atomic mass is 10.0. The predicted octanol–water partition coefficient (Wildman–Crippen LogP) is 3.27. The summed E-state index contributed by atoms with van der Waals surface area (Å²) < 4.78 is 31.7. The van der Waals surface area contributed by atoms with E-state index in [9.17, 15) is 27.6 Å². The molecule has 2 amide bonds. The number of aliphatic carboxylic acids is 2. The molecule has 1 atom stereocenters. The van der Waals surface area contributed by atoms with Gasteiger partial charge in [0.05, 0.1) is 6.42 Å². The number of hydrogen-bond acceptors (Lipinski definition) is 6. The average Bonchev–Trinajstić information content (AvgIpc) is 3.03. The molecule has 1 heterocycles. The van der Waals surface area contributed by atoms with E-state index < -0.39 is 24.2 Å². The van der Waals surface area contributed by atoms with E-state index in [0.29, 0.717) is 30.2 Å². The lowest BCUT2D eigenvalue weighted by Crippen LogP contribution is -2.50. The van der Waals surface area contributed by atoms with Gasteiger partial charge in [-0.05, 0) is 17.5 Å². The first kappa shape index (κ1) is 28.6. The Balaban J connectivity index is 0.000000675. The molecule has 13 heteroatoms. The van der Waals surface area contributed by atoms with Gasteiger partial charge in [0.25, 0.3) is 5.91 Å². The molecule has 184 valence electrons. The molecule has 1 aromatic carbocycles. The molecule has 3 N–H and O–H groups in total. The number of halogens is 3. The molecule has 1 aliphatic heterocycles. The molecule has 2 rings (SSSR count). The van der Waals surface area contributed by atoms with Gasteiger partial charge in [-0.1, -0.05) is 53.6 Å². The molecule has 1 aliphatic rings.